The molecule has 5 heterocycles. The highest BCUT2D eigenvalue weighted by atomic mass is 32.1. The average molecular weight is 758 g/mol. The van der Waals surface area contributed by atoms with Crippen LogP contribution in [0.15, 0.2) is 79.1 Å². The highest BCUT2D eigenvalue weighted by molar-refractivity contribution is 7.56. The lowest BCUT2D eigenvalue weighted by atomic mass is 9.92. The zero-order chi connectivity index (χ0) is 37.1. The number of para-hydroxylation sites is 1. The topological polar surface area (TPSA) is 147 Å². The van der Waals surface area contributed by atoms with Crippen molar-refractivity contribution in [3.63, 3.8) is 0 Å². The minimum atomic E-state index is -3.66. The van der Waals surface area contributed by atoms with Crippen molar-refractivity contribution in [2.24, 2.45) is 0 Å². The van der Waals surface area contributed by atoms with Crippen LogP contribution >= 0.6 is 18.9 Å². The minimum absolute atomic E-state index is 0.00638. The molecule has 0 aliphatic carbocycles. The fourth-order valence-electron chi connectivity index (χ4n) is 7.58. The Morgan fingerprint density at radius 2 is 1.83 bits per heavy atom. The second kappa shape index (κ2) is 15.8. The Hall–Kier alpha value is -4.58. The van der Waals surface area contributed by atoms with Gasteiger partial charge in [-0.25, -0.2) is 5.09 Å². The molecule has 3 amide bonds. The second-order valence-corrected chi connectivity index (χ2v) is 17.2. The number of pyridine rings is 1. The number of likely N-dealkylation sites (tertiary alicyclic amines) is 1. The average Bonchev–Trinajstić information content (AvgIpc) is 3.72. The zero-order valence-electron chi connectivity index (χ0n) is 29.8. The number of carbonyl (C=O) groups excluding carboxylic acids is 4. The molecule has 0 spiro atoms. The molecule has 12 nitrogen and oxygen atoms in total. The van der Waals surface area contributed by atoms with Gasteiger partial charge in [0.1, 0.15) is 23.9 Å². The molecular formula is C39H44N5O7PS. The molecule has 2 N–H and O–H groups in total. The maximum absolute atomic E-state index is 14.2. The summed E-state index contributed by atoms with van der Waals surface area (Å²) in [6, 6.07) is 17.9. The number of benzene rings is 2. The second-order valence-electron chi connectivity index (χ2n) is 14.0. The first-order valence-corrected chi connectivity index (χ1v) is 20.9. The van der Waals surface area contributed by atoms with Gasteiger partial charge in [-0.05, 0) is 98.9 Å². The Bertz CT molecular complexity index is 2020. The van der Waals surface area contributed by atoms with Gasteiger partial charge in [-0.1, -0.05) is 30.3 Å². The van der Waals surface area contributed by atoms with Crippen LogP contribution in [0.1, 0.15) is 72.7 Å². The van der Waals surface area contributed by atoms with Crippen LogP contribution in [0.2, 0.25) is 0 Å². The molecular weight excluding hydrogens is 713 g/mol. The van der Waals surface area contributed by atoms with Crippen molar-refractivity contribution in [3.05, 3.63) is 95.1 Å². The quantitative estimate of drug-likeness (QED) is 0.134. The van der Waals surface area contributed by atoms with Crippen molar-refractivity contribution in [3.8, 4) is 5.75 Å². The number of fused-ring (bicyclic) bond motifs is 2. The summed E-state index contributed by atoms with van der Waals surface area (Å²) < 4.78 is 26.2. The van der Waals surface area contributed by atoms with Crippen LogP contribution in [0.3, 0.4) is 0 Å². The van der Waals surface area contributed by atoms with Crippen molar-refractivity contribution in [2.45, 2.75) is 82.2 Å². The number of aromatic nitrogens is 1. The van der Waals surface area contributed by atoms with Crippen molar-refractivity contribution < 1.29 is 33.0 Å². The van der Waals surface area contributed by atoms with E-state index in [-0.39, 0.29) is 42.5 Å². The van der Waals surface area contributed by atoms with Crippen molar-refractivity contribution in [2.75, 3.05) is 19.7 Å². The van der Waals surface area contributed by atoms with Gasteiger partial charge in [0, 0.05) is 42.1 Å². The highest BCUT2D eigenvalue weighted by Crippen LogP contribution is 2.47. The summed E-state index contributed by atoms with van der Waals surface area (Å²) in [5.74, 6) is -0.446. The summed E-state index contributed by atoms with van der Waals surface area (Å²) in [5, 5.41) is 6.66. The maximum Gasteiger partial charge on any atom is 0.323 e. The van der Waals surface area contributed by atoms with E-state index < -0.39 is 31.6 Å². The first kappa shape index (κ1) is 36.8. The standard InChI is InChI=1S/C39H44N5O7PS/c1-3-50-39(48)25(2)42-52(49,51-31-11-5-4-6-12-31)24-26-14-17-34-28(19-26)20-35(53-34)36(45)41-32-13-7-10-30-15-16-33(44(30)37(32)46)38(47)43-22-29(23-43)27-9-8-18-40-21-27/h4-6,8-9,11-12,14,17-21,25,29-30,32-33H,3,7,10,13,15-16,22-24H2,1-2H3,(H,41,45)(H,42,49)/t25-,30-,32?,33-,52?/m0/s1. The summed E-state index contributed by atoms with van der Waals surface area (Å²) in [4.78, 5) is 62.0. The van der Waals surface area contributed by atoms with E-state index >= 15 is 0 Å². The molecule has 2 aromatic heterocycles. The van der Waals surface area contributed by atoms with Crippen LogP contribution in [-0.4, -0.2) is 82.3 Å². The lowest BCUT2D eigenvalue weighted by Gasteiger charge is -2.42. The van der Waals surface area contributed by atoms with Gasteiger partial charge in [-0.15, -0.1) is 11.3 Å². The smallest absolute Gasteiger partial charge is 0.323 e. The van der Waals surface area contributed by atoms with E-state index in [2.05, 4.69) is 15.4 Å². The molecule has 278 valence electrons. The summed E-state index contributed by atoms with van der Waals surface area (Å²) in [6.07, 6.45) is 7.05. The molecule has 3 aliphatic heterocycles. The molecule has 53 heavy (non-hydrogen) atoms. The Morgan fingerprint density at radius 1 is 1.02 bits per heavy atom. The van der Waals surface area contributed by atoms with Gasteiger partial charge in [0.05, 0.1) is 17.6 Å². The van der Waals surface area contributed by atoms with E-state index in [9.17, 15) is 23.7 Å². The van der Waals surface area contributed by atoms with Gasteiger partial charge in [0.15, 0.2) is 0 Å². The van der Waals surface area contributed by atoms with Crippen molar-refractivity contribution in [1.82, 2.24) is 25.2 Å². The van der Waals surface area contributed by atoms with E-state index in [4.69, 9.17) is 9.26 Å². The van der Waals surface area contributed by atoms with Crippen molar-refractivity contribution in [1.29, 1.82) is 0 Å². The van der Waals surface area contributed by atoms with Crippen LogP contribution in [0, 0.1) is 0 Å². The van der Waals surface area contributed by atoms with Gasteiger partial charge >= 0.3 is 13.5 Å². The summed E-state index contributed by atoms with van der Waals surface area (Å²) in [5.41, 5.74) is 1.80. The predicted molar refractivity (Wildman–Crippen MR) is 202 cm³/mol. The summed E-state index contributed by atoms with van der Waals surface area (Å²) in [7, 11) is -3.66. The molecule has 7 rings (SSSR count). The van der Waals surface area contributed by atoms with Gasteiger partial charge in [0.25, 0.3) is 5.91 Å². The molecule has 3 fully saturated rings. The number of nitrogens with one attached hydrogen (secondary N) is 2. The molecule has 4 aromatic rings. The monoisotopic (exact) mass is 757 g/mol. The third-order valence-corrected chi connectivity index (χ3v) is 13.4. The van der Waals surface area contributed by atoms with E-state index in [1.165, 1.54) is 11.3 Å². The number of esters is 1. The molecule has 0 saturated carbocycles. The fraction of sp³-hybridized carbons (Fsp3) is 0.410. The molecule has 3 aliphatic rings. The first-order valence-electron chi connectivity index (χ1n) is 18.2. The molecule has 3 saturated heterocycles. The third-order valence-electron chi connectivity index (χ3n) is 10.2. The number of carbonyl (C=O) groups is 4. The van der Waals surface area contributed by atoms with Crippen LogP contribution in [0.25, 0.3) is 10.1 Å². The molecule has 14 heteroatoms. The first-order chi connectivity index (χ1) is 25.6. The SMILES string of the molecule is CCOC(=O)[C@H](C)NP(=O)(Cc1ccc2sc(C(=O)NC3CCC[C@H]4CC[C@@H](C(=O)N5CC(c6cccnc6)C5)N4C3=O)cc2c1)Oc1ccccc1. The van der Waals surface area contributed by atoms with Crippen LogP contribution in [0.5, 0.6) is 5.75 Å². The van der Waals surface area contributed by atoms with Crippen molar-refractivity contribution >= 4 is 52.6 Å². The summed E-state index contributed by atoms with van der Waals surface area (Å²) >= 11 is 1.31. The van der Waals surface area contributed by atoms with E-state index in [0.717, 1.165) is 34.9 Å². The molecule has 0 bridgehead atoms. The van der Waals surface area contributed by atoms with Gasteiger partial charge in [-0.3, -0.25) is 28.7 Å². The number of ether oxygens (including phenoxy) is 1. The van der Waals surface area contributed by atoms with Gasteiger partial charge in [-0.2, -0.15) is 0 Å². The molecule has 2 unspecified atom stereocenters. The van der Waals surface area contributed by atoms with Crippen LogP contribution < -0.4 is 14.9 Å². The predicted octanol–water partition coefficient (Wildman–Crippen LogP) is 5.88. The lowest BCUT2D eigenvalue weighted by molar-refractivity contribution is -0.148. The highest BCUT2D eigenvalue weighted by Gasteiger charge is 2.47. The third kappa shape index (κ3) is 8.17. The number of amides is 3. The van der Waals surface area contributed by atoms with E-state index in [1.807, 2.05) is 47.5 Å². The number of nitrogens with zero attached hydrogens (tertiary/aromatic N) is 3. The minimum Gasteiger partial charge on any atom is -0.465 e. The van der Waals surface area contributed by atoms with E-state index in [0.29, 0.717) is 42.1 Å². The Balaban J connectivity index is 1.02. The Kier molecular flexibility index (Phi) is 11.0. The zero-order valence-corrected chi connectivity index (χ0v) is 31.5. The Morgan fingerprint density at radius 3 is 2.58 bits per heavy atom. The molecule has 5 atom stereocenters. The molecule has 0 radical (unpaired) electrons. The maximum atomic E-state index is 14.2. The van der Waals surface area contributed by atoms with Crippen LogP contribution in [0.4, 0.5) is 0 Å². The van der Waals surface area contributed by atoms with Crippen LogP contribution in [-0.2, 0) is 29.8 Å². The lowest BCUT2D eigenvalue weighted by Crippen LogP contribution is -2.58. The summed E-state index contributed by atoms with van der Waals surface area (Å²) in [6.45, 7) is 4.71. The number of hydrogen-bond donors (Lipinski definition) is 2. The normalized spacial score (nSPS) is 21.9. The molecule has 2 aromatic carbocycles. The van der Waals surface area contributed by atoms with Gasteiger partial charge < -0.3 is 24.4 Å². The fourth-order valence-corrected chi connectivity index (χ4v) is 10.6. The largest absolute Gasteiger partial charge is 0.465 e. The van der Waals surface area contributed by atoms with E-state index in [1.54, 1.807) is 55.3 Å². The van der Waals surface area contributed by atoms with Gasteiger partial charge in [0.2, 0.25) is 11.8 Å². The Labute approximate surface area is 312 Å². The number of thiophene rings is 1. The number of hydrogen-bond acceptors (Lipinski definition) is 9. The number of rotatable bonds is 12.